The van der Waals surface area contributed by atoms with E-state index in [-0.39, 0.29) is 5.69 Å². The first-order valence-electron chi connectivity index (χ1n) is 14.8. The van der Waals surface area contributed by atoms with Gasteiger partial charge < -0.3 is 10.6 Å². The summed E-state index contributed by atoms with van der Waals surface area (Å²) in [6, 6.07) is 27.6. The van der Waals surface area contributed by atoms with Crippen LogP contribution < -0.4 is 22.0 Å². The minimum Gasteiger partial charge on any atom is -0.355 e. The number of H-pyrrole nitrogens is 1. The fourth-order valence-corrected chi connectivity index (χ4v) is 4.46. The monoisotopic (exact) mass is 614 g/mol. The first-order valence-corrected chi connectivity index (χ1v) is 14.8. The minimum atomic E-state index is -0.427. The van der Waals surface area contributed by atoms with Gasteiger partial charge >= 0.3 is 11.4 Å². The van der Waals surface area contributed by atoms with E-state index in [0.717, 1.165) is 36.9 Å². The Morgan fingerprint density at radius 2 is 1.26 bits per heavy atom. The number of aryl methyl sites for hydroxylation is 1. The van der Waals surface area contributed by atoms with E-state index in [2.05, 4.69) is 69.8 Å². The molecule has 0 aliphatic rings. The fourth-order valence-electron chi connectivity index (χ4n) is 4.46. The summed E-state index contributed by atoms with van der Waals surface area (Å²) in [5.74, 6) is 1.73. The fraction of sp³-hybridized carbons (Fsp3) is 0.176. The number of hydrogen-bond acceptors (Lipinski definition) is 10. The van der Waals surface area contributed by atoms with Gasteiger partial charge in [0.05, 0.1) is 0 Å². The van der Waals surface area contributed by atoms with Crippen LogP contribution in [0.25, 0.3) is 22.8 Å². The van der Waals surface area contributed by atoms with Crippen LogP contribution in [-0.4, -0.2) is 52.5 Å². The average Bonchev–Trinajstić information content (AvgIpc) is 3.10. The predicted molar refractivity (Wildman–Crippen MR) is 178 cm³/mol. The molecule has 6 rings (SSSR count). The van der Waals surface area contributed by atoms with Gasteiger partial charge in [0.25, 0.3) is 0 Å². The van der Waals surface area contributed by atoms with Crippen LogP contribution in [0.1, 0.15) is 17.5 Å². The molecule has 0 amide bonds. The molecule has 232 valence electrons. The molecule has 3 N–H and O–H groups in total. The van der Waals surface area contributed by atoms with Crippen LogP contribution in [-0.2, 0) is 19.9 Å². The molecule has 0 fully saturated rings. The summed E-state index contributed by atoms with van der Waals surface area (Å²) >= 11 is 0. The van der Waals surface area contributed by atoms with Gasteiger partial charge in [-0.3, -0.25) is 19.5 Å². The zero-order chi connectivity index (χ0) is 32.0. The van der Waals surface area contributed by atoms with Crippen molar-refractivity contribution in [1.29, 1.82) is 0 Å². The van der Waals surface area contributed by atoms with Crippen molar-refractivity contribution in [3.8, 4) is 22.8 Å². The number of anilines is 2. The summed E-state index contributed by atoms with van der Waals surface area (Å²) in [4.78, 5) is 50.9. The quantitative estimate of drug-likeness (QED) is 0.181. The van der Waals surface area contributed by atoms with Crippen molar-refractivity contribution in [1.82, 2.24) is 39.5 Å². The van der Waals surface area contributed by atoms with Gasteiger partial charge in [0.15, 0.2) is 5.82 Å². The molecule has 46 heavy (non-hydrogen) atoms. The van der Waals surface area contributed by atoms with Crippen molar-refractivity contribution in [3.05, 3.63) is 142 Å². The Labute approximate surface area is 265 Å². The number of aromatic nitrogens is 8. The molecule has 0 atom stereocenters. The number of rotatable bonds is 11. The molecular weight excluding hydrogens is 580 g/mol. The number of hydrogen-bond donors (Lipinski definition) is 3. The second kappa shape index (κ2) is 16.1. The second-order valence-electron chi connectivity index (χ2n) is 10.2. The Kier molecular flexibility index (Phi) is 11.0. The van der Waals surface area contributed by atoms with Crippen LogP contribution in [0.15, 0.2) is 119 Å². The number of nitrogens with one attached hydrogen (secondary N) is 3. The van der Waals surface area contributed by atoms with E-state index in [9.17, 15) is 9.59 Å². The van der Waals surface area contributed by atoms with Gasteiger partial charge in [0, 0.05) is 56.1 Å². The van der Waals surface area contributed by atoms with Crippen LogP contribution in [0.4, 0.5) is 11.9 Å². The summed E-state index contributed by atoms with van der Waals surface area (Å²) in [7, 11) is 1.66. The summed E-state index contributed by atoms with van der Waals surface area (Å²) in [5.41, 5.74) is 3.32. The van der Waals surface area contributed by atoms with E-state index in [0.29, 0.717) is 30.1 Å². The van der Waals surface area contributed by atoms with Crippen molar-refractivity contribution in [2.24, 2.45) is 7.05 Å². The zero-order valence-electron chi connectivity index (χ0n) is 25.4. The van der Waals surface area contributed by atoms with Gasteiger partial charge in [-0.2, -0.15) is 19.9 Å². The molecule has 12 heteroatoms. The highest BCUT2D eigenvalue weighted by Crippen LogP contribution is 2.14. The molecule has 0 spiro atoms. The van der Waals surface area contributed by atoms with Crippen molar-refractivity contribution in [2.45, 2.75) is 19.3 Å². The predicted octanol–water partition coefficient (Wildman–Crippen LogP) is 4.16. The van der Waals surface area contributed by atoms with E-state index in [1.54, 1.807) is 56.1 Å². The lowest BCUT2D eigenvalue weighted by molar-refractivity contribution is 0.763. The Morgan fingerprint density at radius 3 is 1.91 bits per heavy atom. The smallest absolute Gasteiger partial charge is 0.352 e. The van der Waals surface area contributed by atoms with Crippen molar-refractivity contribution in [3.63, 3.8) is 0 Å². The topological polar surface area (TPSA) is 156 Å². The molecule has 0 aliphatic carbocycles. The first-order chi connectivity index (χ1) is 22.5. The highest BCUT2D eigenvalue weighted by atomic mass is 16.1. The number of nitrogens with zero attached hydrogens (tertiary/aromatic N) is 7. The molecule has 0 radical (unpaired) electrons. The Morgan fingerprint density at radius 1 is 0.652 bits per heavy atom. The van der Waals surface area contributed by atoms with E-state index in [1.807, 2.05) is 36.4 Å². The lowest BCUT2D eigenvalue weighted by atomic mass is 10.1. The highest BCUT2D eigenvalue weighted by Gasteiger charge is 2.09. The molecule has 0 aliphatic heterocycles. The summed E-state index contributed by atoms with van der Waals surface area (Å²) < 4.78 is 1.42. The zero-order valence-corrected chi connectivity index (χ0v) is 25.4. The molecule has 4 heterocycles. The lowest BCUT2D eigenvalue weighted by Crippen LogP contribution is -2.25. The summed E-state index contributed by atoms with van der Waals surface area (Å²) in [6.45, 7) is 1.39. The third-order valence-electron chi connectivity index (χ3n) is 6.87. The average molecular weight is 615 g/mol. The Balaban J connectivity index is 0.000000182. The van der Waals surface area contributed by atoms with Gasteiger partial charge in [-0.1, -0.05) is 60.7 Å². The maximum atomic E-state index is 12.0. The Hall–Kier alpha value is -6.04. The maximum absolute atomic E-state index is 12.0. The first kappa shape index (κ1) is 31.4. The normalized spacial score (nSPS) is 10.5. The number of pyridine rings is 2. The van der Waals surface area contributed by atoms with Crippen molar-refractivity contribution < 1.29 is 0 Å². The molecule has 0 bridgehead atoms. The van der Waals surface area contributed by atoms with Gasteiger partial charge in [0.1, 0.15) is 5.82 Å². The number of aromatic amines is 1. The number of benzene rings is 2. The molecule has 0 saturated heterocycles. The lowest BCUT2D eigenvalue weighted by Gasteiger charge is -2.10. The van der Waals surface area contributed by atoms with Gasteiger partial charge in [-0.25, -0.2) is 9.59 Å². The van der Waals surface area contributed by atoms with Crippen LogP contribution >= 0.6 is 0 Å². The maximum Gasteiger partial charge on any atom is 0.352 e. The van der Waals surface area contributed by atoms with Crippen molar-refractivity contribution in [2.75, 3.05) is 23.7 Å². The summed E-state index contributed by atoms with van der Waals surface area (Å²) in [6.07, 6.45) is 9.38. The van der Waals surface area contributed by atoms with E-state index >= 15 is 0 Å². The van der Waals surface area contributed by atoms with Gasteiger partial charge in [-0.15, -0.1) is 0 Å². The van der Waals surface area contributed by atoms with Crippen molar-refractivity contribution >= 4 is 11.9 Å². The van der Waals surface area contributed by atoms with E-state index in [4.69, 9.17) is 0 Å². The molecule has 6 aromatic rings. The van der Waals surface area contributed by atoms with E-state index < -0.39 is 5.69 Å². The standard InChI is InChI=1S/C18H19N5O.C16H15N5O/c1-23-17(20-11-5-8-14-6-3-2-4-7-14)21-16(22-18(23)24)15-9-12-19-13-10-15;22-16-20-14(13-7-9-17-10-8-13)19-15(21-16)18-11-6-12-4-2-1-3-5-12/h2-4,6-7,9-10,12-13H,5,8,11H2,1H3,(H,20,21,22,24);1-5,7-10H,6,11H2,(H2,18,19,20,21,22). The van der Waals surface area contributed by atoms with Gasteiger partial charge in [0.2, 0.25) is 11.9 Å². The van der Waals surface area contributed by atoms with Crippen LogP contribution in [0, 0.1) is 0 Å². The van der Waals surface area contributed by atoms with E-state index in [1.165, 1.54) is 15.7 Å². The Bertz CT molecular complexity index is 1920. The summed E-state index contributed by atoms with van der Waals surface area (Å²) in [5, 5.41) is 6.32. The minimum absolute atomic E-state index is 0.325. The molecule has 4 aromatic heterocycles. The second-order valence-corrected chi connectivity index (χ2v) is 10.2. The molecular formula is C34H34N10O2. The molecule has 2 aromatic carbocycles. The molecule has 0 saturated carbocycles. The molecule has 12 nitrogen and oxygen atoms in total. The van der Waals surface area contributed by atoms with Gasteiger partial charge in [-0.05, 0) is 54.7 Å². The third kappa shape index (κ3) is 9.23. The van der Waals surface area contributed by atoms with Crippen LogP contribution in [0.2, 0.25) is 0 Å². The molecule has 0 unspecified atom stereocenters. The highest BCUT2D eigenvalue weighted by molar-refractivity contribution is 5.55. The SMILES string of the molecule is Cn1c(NCCCc2ccccc2)nc(-c2ccncc2)nc1=O.O=c1nc(NCCc2ccccc2)nc(-c2ccncc2)[nH]1. The van der Waals surface area contributed by atoms with Crippen LogP contribution in [0.3, 0.4) is 0 Å². The third-order valence-corrected chi connectivity index (χ3v) is 6.87. The largest absolute Gasteiger partial charge is 0.355 e. The van der Waals surface area contributed by atoms with Crippen LogP contribution in [0.5, 0.6) is 0 Å².